The maximum Gasteiger partial charge on any atom is 0.169 e. The van der Waals surface area contributed by atoms with E-state index >= 15 is 0 Å². The minimum Gasteiger partial charge on any atom is -0.317 e. The van der Waals surface area contributed by atoms with E-state index in [4.69, 9.17) is 11.6 Å². The number of halogens is 1. The maximum atomic E-state index is 13.0. The zero-order valence-electron chi connectivity index (χ0n) is 12.6. The molecule has 20 heavy (non-hydrogen) atoms. The van der Waals surface area contributed by atoms with Crippen LogP contribution in [0.1, 0.15) is 49.0 Å². The highest BCUT2D eigenvalue weighted by molar-refractivity contribution is 6.31. The first kappa shape index (κ1) is 15.5. The fraction of sp³-hybridized carbons (Fsp3) is 0.588. The molecule has 0 bridgehead atoms. The summed E-state index contributed by atoms with van der Waals surface area (Å²) in [4.78, 5) is 13.0. The van der Waals surface area contributed by atoms with E-state index in [1.807, 2.05) is 25.1 Å². The third-order valence-electron chi connectivity index (χ3n) is 4.28. The summed E-state index contributed by atoms with van der Waals surface area (Å²) in [6.07, 6.45) is 2.81. The molecule has 1 heterocycles. The van der Waals surface area contributed by atoms with Gasteiger partial charge in [0.15, 0.2) is 5.78 Å². The summed E-state index contributed by atoms with van der Waals surface area (Å²) in [7, 11) is 0. The van der Waals surface area contributed by atoms with Crippen LogP contribution >= 0.6 is 11.6 Å². The fourth-order valence-corrected chi connectivity index (χ4v) is 3.43. The molecule has 1 aliphatic rings. The van der Waals surface area contributed by atoms with Crippen molar-refractivity contribution in [1.29, 1.82) is 0 Å². The molecule has 0 aliphatic carbocycles. The van der Waals surface area contributed by atoms with Gasteiger partial charge in [-0.25, -0.2) is 0 Å². The van der Waals surface area contributed by atoms with E-state index in [-0.39, 0.29) is 11.2 Å². The number of aryl methyl sites for hydroxylation is 1. The van der Waals surface area contributed by atoms with Gasteiger partial charge in [-0.2, -0.15) is 0 Å². The number of ketones is 1. The summed E-state index contributed by atoms with van der Waals surface area (Å²) in [6, 6.07) is 5.71. The van der Waals surface area contributed by atoms with Crippen LogP contribution in [0.25, 0.3) is 0 Å². The molecule has 2 nitrogen and oxygen atoms in total. The number of carbonyl (C=O) groups is 1. The van der Waals surface area contributed by atoms with Gasteiger partial charge < -0.3 is 5.32 Å². The average molecular weight is 294 g/mol. The normalized spacial score (nSPS) is 18.2. The Balaban J connectivity index is 2.32. The van der Waals surface area contributed by atoms with Crippen molar-refractivity contribution in [2.45, 2.75) is 40.0 Å². The third kappa shape index (κ3) is 3.24. The smallest absolute Gasteiger partial charge is 0.169 e. The number of Topliss-reactive ketones (excluding diaryl/α,β-unsaturated/α-hetero) is 1. The van der Waals surface area contributed by atoms with Gasteiger partial charge in [-0.1, -0.05) is 37.6 Å². The maximum absolute atomic E-state index is 13.0. The van der Waals surface area contributed by atoms with Crippen LogP contribution < -0.4 is 5.32 Å². The lowest BCUT2D eigenvalue weighted by molar-refractivity contribution is 0.0674. The van der Waals surface area contributed by atoms with Gasteiger partial charge in [0.25, 0.3) is 0 Å². The minimum absolute atomic E-state index is 0.210. The van der Waals surface area contributed by atoms with Crippen LogP contribution in [0.2, 0.25) is 5.02 Å². The monoisotopic (exact) mass is 293 g/mol. The van der Waals surface area contributed by atoms with E-state index in [2.05, 4.69) is 19.2 Å². The lowest BCUT2D eigenvalue weighted by atomic mass is 9.68. The zero-order valence-corrected chi connectivity index (χ0v) is 13.4. The van der Waals surface area contributed by atoms with Crippen molar-refractivity contribution >= 4 is 17.4 Å². The highest BCUT2D eigenvalue weighted by atomic mass is 35.5. The first-order valence-corrected chi connectivity index (χ1v) is 7.84. The summed E-state index contributed by atoms with van der Waals surface area (Å²) in [5.74, 6) is 0.799. The molecule has 0 spiro atoms. The molecule has 1 aliphatic heterocycles. The van der Waals surface area contributed by atoms with E-state index < -0.39 is 0 Å². The first-order chi connectivity index (χ1) is 9.44. The largest absolute Gasteiger partial charge is 0.317 e. The van der Waals surface area contributed by atoms with Crippen molar-refractivity contribution in [3.05, 3.63) is 34.3 Å². The van der Waals surface area contributed by atoms with Gasteiger partial charge in [-0.3, -0.25) is 4.79 Å². The average Bonchev–Trinajstić information content (AvgIpc) is 2.41. The van der Waals surface area contributed by atoms with Crippen LogP contribution in [0.4, 0.5) is 0 Å². The Morgan fingerprint density at radius 1 is 1.35 bits per heavy atom. The molecule has 0 atom stereocenters. The van der Waals surface area contributed by atoms with Crippen LogP contribution in [0.15, 0.2) is 18.2 Å². The fourth-order valence-electron chi connectivity index (χ4n) is 3.25. The number of hydrogen-bond donors (Lipinski definition) is 1. The predicted molar refractivity (Wildman–Crippen MR) is 84.5 cm³/mol. The van der Waals surface area contributed by atoms with Crippen molar-refractivity contribution < 1.29 is 4.79 Å². The molecule has 0 radical (unpaired) electrons. The van der Waals surface area contributed by atoms with Gasteiger partial charge in [0.2, 0.25) is 0 Å². The van der Waals surface area contributed by atoms with Crippen molar-refractivity contribution in [3.8, 4) is 0 Å². The molecule has 1 aromatic rings. The van der Waals surface area contributed by atoms with Gasteiger partial charge in [0.05, 0.1) is 0 Å². The molecule has 110 valence electrons. The van der Waals surface area contributed by atoms with Gasteiger partial charge in [0.1, 0.15) is 0 Å². The van der Waals surface area contributed by atoms with Crippen LogP contribution in [0, 0.1) is 18.3 Å². The standard InChI is InChI=1S/C17H24ClNO/c1-12(2)11-17(6-8-19-9-7-17)16(20)14-5-4-13(3)15(18)10-14/h4-5,10,12,19H,6-9,11H2,1-3H3. The van der Waals surface area contributed by atoms with Crippen LogP contribution in [-0.2, 0) is 0 Å². The molecule has 1 fully saturated rings. The van der Waals surface area contributed by atoms with E-state index in [0.29, 0.717) is 10.9 Å². The van der Waals surface area contributed by atoms with Gasteiger partial charge in [-0.05, 0) is 56.8 Å². The van der Waals surface area contributed by atoms with E-state index in [1.165, 1.54) is 0 Å². The Morgan fingerprint density at radius 2 is 2.00 bits per heavy atom. The summed E-state index contributed by atoms with van der Waals surface area (Å²) < 4.78 is 0. The van der Waals surface area contributed by atoms with Crippen LogP contribution in [0.5, 0.6) is 0 Å². The minimum atomic E-state index is -0.210. The van der Waals surface area contributed by atoms with E-state index in [0.717, 1.165) is 43.5 Å². The molecule has 0 unspecified atom stereocenters. The number of carbonyl (C=O) groups excluding carboxylic acids is 1. The topological polar surface area (TPSA) is 29.1 Å². The lowest BCUT2D eigenvalue weighted by Gasteiger charge is -2.37. The first-order valence-electron chi connectivity index (χ1n) is 7.46. The zero-order chi connectivity index (χ0) is 14.8. The molecule has 0 aromatic heterocycles. The highest BCUT2D eigenvalue weighted by Gasteiger charge is 2.40. The predicted octanol–water partition coefficient (Wildman–Crippen LogP) is 4.25. The molecule has 1 saturated heterocycles. The third-order valence-corrected chi connectivity index (χ3v) is 4.68. The number of nitrogens with one attached hydrogen (secondary N) is 1. The van der Waals surface area contributed by atoms with Gasteiger partial charge in [-0.15, -0.1) is 0 Å². The van der Waals surface area contributed by atoms with E-state index in [9.17, 15) is 4.79 Å². The molecule has 1 N–H and O–H groups in total. The Kier molecular flexibility index (Phi) is 4.87. The Bertz CT molecular complexity index is 490. The van der Waals surface area contributed by atoms with Crippen molar-refractivity contribution in [3.63, 3.8) is 0 Å². The second kappa shape index (κ2) is 6.28. The Labute approximate surface area is 126 Å². The molecule has 0 amide bonds. The second-order valence-corrected chi connectivity index (χ2v) is 6.83. The summed E-state index contributed by atoms with van der Waals surface area (Å²) in [5.41, 5.74) is 1.58. The quantitative estimate of drug-likeness (QED) is 0.841. The van der Waals surface area contributed by atoms with Crippen LogP contribution in [-0.4, -0.2) is 18.9 Å². The summed E-state index contributed by atoms with van der Waals surface area (Å²) >= 11 is 6.18. The Morgan fingerprint density at radius 3 is 2.55 bits per heavy atom. The van der Waals surface area contributed by atoms with Gasteiger partial charge in [0, 0.05) is 16.0 Å². The van der Waals surface area contributed by atoms with E-state index in [1.54, 1.807) is 0 Å². The van der Waals surface area contributed by atoms with Crippen molar-refractivity contribution in [2.24, 2.45) is 11.3 Å². The van der Waals surface area contributed by atoms with Crippen molar-refractivity contribution in [2.75, 3.05) is 13.1 Å². The second-order valence-electron chi connectivity index (χ2n) is 6.42. The molecule has 0 saturated carbocycles. The SMILES string of the molecule is Cc1ccc(C(=O)C2(CC(C)C)CCNCC2)cc1Cl. The lowest BCUT2D eigenvalue weighted by Crippen LogP contribution is -2.43. The number of benzene rings is 1. The summed E-state index contributed by atoms with van der Waals surface area (Å²) in [6.45, 7) is 8.21. The molecular formula is C17H24ClNO. The van der Waals surface area contributed by atoms with Crippen LogP contribution in [0.3, 0.4) is 0 Å². The highest BCUT2D eigenvalue weighted by Crippen LogP contribution is 2.39. The number of rotatable bonds is 4. The molecular weight excluding hydrogens is 270 g/mol. The molecule has 3 heteroatoms. The molecule has 1 aromatic carbocycles. The molecule has 2 rings (SSSR count). The Hall–Kier alpha value is -0.860. The number of piperidine rings is 1. The summed E-state index contributed by atoms with van der Waals surface area (Å²) in [5, 5.41) is 4.05. The number of hydrogen-bond acceptors (Lipinski definition) is 2. The van der Waals surface area contributed by atoms with Gasteiger partial charge >= 0.3 is 0 Å². The van der Waals surface area contributed by atoms with Crippen molar-refractivity contribution in [1.82, 2.24) is 5.32 Å².